The van der Waals surface area contributed by atoms with Crippen LogP contribution in [0.25, 0.3) is 0 Å². The van der Waals surface area contributed by atoms with Crippen molar-refractivity contribution in [2.75, 3.05) is 5.32 Å². The number of carboxylic acid groups (broad SMARTS) is 1. The van der Waals surface area contributed by atoms with Crippen LogP contribution in [0.15, 0.2) is 35.3 Å². The molecule has 1 atom stereocenters. The van der Waals surface area contributed by atoms with Crippen LogP contribution < -0.4 is 5.32 Å². The van der Waals surface area contributed by atoms with Crippen molar-refractivity contribution in [1.82, 2.24) is 0 Å². The lowest BCUT2D eigenvalue weighted by Crippen LogP contribution is -2.11. The van der Waals surface area contributed by atoms with Crippen LogP contribution in [0, 0.1) is 0 Å². The molecule has 0 bridgehead atoms. The summed E-state index contributed by atoms with van der Waals surface area (Å²) in [7, 11) is 0. The van der Waals surface area contributed by atoms with E-state index in [1.165, 1.54) is 0 Å². The van der Waals surface area contributed by atoms with Gasteiger partial charge in [0, 0.05) is 16.2 Å². The highest BCUT2D eigenvalue weighted by molar-refractivity contribution is 9.10. The topological polar surface area (TPSA) is 49.3 Å². The molecule has 15 heavy (non-hydrogen) atoms. The van der Waals surface area contributed by atoms with Crippen LogP contribution in [0.5, 0.6) is 0 Å². The fourth-order valence-electron chi connectivity index (χ4n) is 1.12. The molecule has 0 aromatic heterocycles. The highest BCUT2D eigenvalue weighted by atomic mass is 79.9. The average molecular weight is 270 g/mol. The van der Waals surface area contributed by atoms with Gasteiger partial charge in [-0.15, -0.1) is 6.58 Å². The summed E-state index contributed by atoms with van der Waals surface area (Å²) in [6, 6.07) is 5.08. The first-order valence-electron chi connectivity index (χ1n) is 4.46. The van der Waals surface area contributed by atoms with E-state index >= 15 is 0 Å². The molecule has 1 aromatic carbocycles. The first kappa shape index (κ1) is 11.8. The molecule has 0 radical (unpaired) electrons. The smallest absolute Gasteiger partial charge is 0.335 e. The maximum Gasteiger partial charge on any atom is 0.335 e. The van der Waals surface area contributed by atoms with Crippen molar-refractivity contribution in [3.05, 3.63) is 40.9 Å². The Hall–Kier alpha value is -1.29. The summed E-state index contributed by atoms with van der Waals surface area (Å²) in [5.74, 6) is -0.939. The molecule has 80 valence electrons. The van der Waals surface area contributed by atoms with E-state index in [9.17, 15) is 4.79 Å². The minimum absolute atomic E-state index is 0.0981. The van der Waals surface area contributed by atoms with E-state index < -0.39 is 5.97 Å². The number of nitrogens with one attached hydrogen (secondary N) is 1. The average Bonchev–Trinajstić information content (AvgIpc) is 2.16. The number of halogens is 1. The molecule has 2 N–H and O–H groups in total. The van der Waals surface area contributed by atoms with Gasteiger partial charge in [-0.3, -0.25) is 0 Å². The lowest BCUT2D eigenvalue weighted by Gasteiger charge is -2.11. The van der Waals surface area contributed by atoms with Crippen LogP contribution in [0.1, 0.15) is 17.3 Å². The standard InChI is InChI=1S/C11H12BrNO2/c1-3-7(2)13-10-5-8(11(14)15)4-9(12)6-10/h3-7,13H,1H2,2H3,(H,14,15). The maximum atomic E-state index is 10.8. The van der Waals surface area contributed by atoms with E-state index in [-0.39, 0.29) is 11.6 Å². The molecule has 0 aliphatic carbocycles. The van der Waals surface area contributed by atoms with Crippen molar-refractivity contribution in [2.45, 2.75) is 13.0 Å². The monoisotopic (exact) mass is 269 g/mol. The largest absolute Gasteiger partial charge is 0.478 e. The number of aromatic carboxylic acids is 1. The summed E-state index contributed by atoms with van der Waals surface area (Å²) in [5.41, 5.74) is 1.01. The fraction of sp³-hybridized carbons (Fsp3) is 0.182. The van der Waals surface area contributed by atoms with Gasteiger partial charge in [-0.25, -0.2) is 4.79 Å². The third-order valence-corrected chi connectivity index (χ3v) is 2.35. The third-order valence-electron chi connectivity index (χ3n) is 1.89. The number of carbonyl (C=O) groups is 1. The number of rotatable bonds is 4. The van der Waals surface area contributed by atoms with Crippen molar-refractivity contribution < 1.29 is 9.90 Å². The van der Waals surface area contributed by atoms with E-state index in [1.807, 2.05) is 13.0 Å². The van der Waals surface area contributed by atoms with Gasteiger partial charge in [0.1, 0.15) is 0 Å². The molecule has 0 saturated carbocycles. The Bertz CT molecular complexity index is 390. The lowest BCUT2D eigenvalue weighted by molar-refractivity contribution is 0.0697. The van der Waals surface area contributed by atoms with E-state index in [4.69, 9.17) is 5.11 Å². The molecule has 0 fully saturated rings. The van der Waals surface area contributed by atoms with Crippen molar-refractivity contribution in [3.63, 3.8) is 0 Å². The molecular weight excluding hydrogens is 258 g/mol. The predicted molar refractivity (Wildman–Crippen MR) is 64.4 cm³/mol. The van der Waals surface area contributed by atoms with Gasteiger partial charge in [0.15, 0.2) is 0 Å². The summed E-state index contributed by atoms with van der Waals surface area (Å²) >= 11 is 3.26. The molecule has 1 aromatic rings. The van der Waals surface area contributed by atoms with Crippen molar-refractivity contribution >= 4 is 27.6 Å². The summed E-state index contributed by atoms with van der Waals surface area (Å²) in [5, 5.41) is 12.0. The summed E-state index contributed by atoms with van der Waals surface area (Å²) in [4.78, 5) is 10.8. The molecule has 0 heterocycles. The fourth-order valence-corrected chi connectivity index (χ4v) is 1.61. The zero-order chi connectivity index (χ0) is 11.4. The number of carboxylic acids is 1. The second-order valence-corrected chi connectivity index (χ2v) is 4.12. The van der Waals surface area contributed by atoms with Gasteiger partial charge in [-0.1, -0.05) is 22.0 Å². The van der Waals surface area contributed by atoms with Crippen LogP contribution in [0.2, 0.25) is 0 Å². The SMILES string of the molecule is C=CC(C)Nc1cc(Br)cc(C(=O)O)c1. The van der Waals surface area contributed by atoms with Crippen LogP contribution in [0.4, 0.5) is 5.69 Å². The predicted octanol–water partition coefficient (Wildman–Crippen LogP) is 3.13. The van der Waals surface area contributed by atoms with Gasteiger partial charge in [0.25, 0.3) is 0 Å². The molecule has 3 nitrogen and oxygen atoms in total. The van der Waals surface area contributed by atoms with E-state index in [2.05, 4.69) is 27.8 Å². The van der Waals surface area contributed by atoms with Crippen molar-refractivity contribution in [1.29, 1.82) is 0 Å². The Morgan fingerprint density at radius 1 is 1.60 bits per heavy atom. The molecule has 0 amide bonds. The second-order valence-electron chi connectivity index (χ2n) is 3.20. The van der Waals surface area contributed by atoms with Crippen molar-refractivity contribution in [3.8, 4) is 0 Å². The number of hydrogen-bond donors (Lipinski definition) is 2. The Morgan fingerprint density at radius 3 is 2.80 bits per heavy atom. The Kier molecular flexibility index (Phi) is 3.91. The normalized spacial score (nSPS) is 11.9. The zero-order valence-electron chi connectivity index (χ0n) is 8.33. The minimum atomic E-state index is -0.939. The summed E-state index contributed by atoms with van der Waals surface area (Å²) < 4.78 is 0.737. The van der Waals surface area contributed by atoms with Crippen LogP contribution in [0.3, 0.4) is 0 Å². The minimum Gasteiger partial charge on any atom is -0.478 e. The second kappa shape index (κ2) is 4.98. The van der Waals surface area contributed by atoms with Crippen LogP contribution in [-0.2, 0) is 0 Å². The third kappa shape index (κ3) is 3.40. The maximum absolute atomic E-state index is 10.8. The Labute approximate surface area is 96.9 Å². The Morgan fingerprint density at radius 2 is 2.27 bits per heavy atom. The van der Waals surface area contributed by atoms with Gasteiger partial charge in [0.2, 0.25) is 0 Å². The number of anilines is 1. The molecule has 0 spiro atoms. The summed E-state index contributed by atoms with van der Waals surface area (Å²) in [6.45, 7) is 5.59. The lowest BCUT2D eigenvalue weighted by atomic mass is 10.2. The first-order valence-corrected chi connectivity index (χ1v) is 5.25. The van der Waals surface area contributed by atoms with Gasteiger partial charge in [-0.05, 0) is 25.1 Å². The molecule has 1 unspecified atom stereocenters. The van der Waals surface area contributed by atoms with Gasteiger partial charge < -0.3 is 10.4 Å². The van der Waals surface area contributed by atoms with Crippen LogP contribution in [-0.4, -0.2) is 17.1 Å². The molecule has 0 aliphatic heterocycles. The molecule has 0 saturated heterocycles. The molecular formula is C11H12BrNO2. The molecule has 0 aliphatic rings. The molecule has 1 rings (SSSR count). The van der Waals surface area contributed by atoms with Gasteiger partial charge in [-0.2, -0.15) is 0 Å². The highest BCUT2D eigenvalue weighted by Crippen LogP contribution is 2.20. The number of hydrogen-bond acceptors (Lipinski definition) is 2. The van der Waals surface area contributed by atoms with E-state index in [0.717, 1.165) is 10.2 Å². The highest BCUT2D eigenvalue weighted by Gasteiger charge is 2.06. The van der Waals surface area contributed by atoms with Gasteiger partial charge in [0.05, 0.1) is 5.56 Å². The van der Waals surface area contributed by atoms with E-state index in [0.29, 0.717) is 0 Å². The number of benzene rings is 1. The zero-order valence-corrected chi connectivity index (χ0v) is 9.91. The van der Waals surface area contributed by atoms with Gasteiger partial charge >= 0.3 is 5.97 Å². The van der Waals surface area contributed by atoms with Crippen LogP contribution >= 0.6 is 15.9 Å². The quantitative estimate of drug-likeness (QED) is 0.826. The Balaban J connectivity index is 2.98. The molecule has 4 heteroatoms. The van der Waals surface area contributed by atoms with E-state index in [1.54, 1.807) is 18.2 Å². The summed E-state index contributed by atoms with van der Waals surface area (Å²) in [6.07, 6.45) is 1.75. The van der Waals surface area contributed by atoms with Crippen molar-refractivity contribution in [2.24, 2.45) is 0 Å². The first-order chi connectivity index (χ1) is 7.02.